The molecule has 0 saturated heterocycles. The number of Topliss-reactive ketones (excluding diaryl/α,β-unsaturated/α-hetero) is 1. The standard InChI is InChI=1S/C38H37N3O5/c1-27(42)30-19-21-31(22-20-30)35-24-36(32-16-8-9-17-33(32)40-35)41-34(37(43)45-25-28-12-4-2-5-13-28)18-10-11-23-39-38(44)46-26-29-14-6-3-7-15-29/h2-9,12-17,19-22,24,34H,10-11,18,23,25-26H2,1H3,(H,39,44)(H,40,41)/t34-/m0/s1. The van der Waals surface area contributed by atoms with Crippen LogP contribution < -0.4 is 10.6 Å². The Bertz CT molecular complexity index is 1760. The number of ketones is 1. The van der Waals surface area contributed by atoms with E-state index in [1.807, 2.05) is 103 Å². The number of aromatic nitrogens is 1. The highest BCUT2D eigenvalue weighted by Gasteiger charge is 2.22. The summed E-state index contributed by atoms with van der Waals surface area (Å²) in [4.78, 5) is 42.3. The van der Waals surface area contributed by atoms with E-state index in [2.05, 4.69) is 10.6 Å². The number of benzene rings is 4. The number of hydrogen-bond acceptors (Lipinski definition) is 7. The van der Waals surface area contributed by atoms with Gasteiger partial charge in [0.05, 0.1) is 11.2 Å². The number of carbonyl (C=O) groups excluding carboxylic acids is 3. The Balaban J connectivity index is 1.28. The summed E-state index contributed by atoms with van der Waals surface area (Å²) in [5.41, 5.74) is 5.54. The number of esters is 1. The van der Waals surface area contributed by atoms with Crippen LogP contribution in [0.3, 0.4) is 0 Å². The quantitative estimate of drug-likeness (QED) is 0.0748. The number of carbonyl (C=O) groups is 3. The Morgan fingerprint density at radius 1 is 0.739 bits per heavy atom. The number of pyridine rings is 1. The number of unbranched alkanes of at least 4 members (excludes halogenated alkanes) is 1. The lowest BCUT2D eigenvalue weighted by Gasteiger charge is -2.21. The van der Waals surface area contributed by atoms with E-state index in [4.69, 9.17) is 14.5 Å². The zero-order valence-electron chi connectivity index (χ0n) is 25.8. The second-order valence-corrected chi connectivity index (χ2v) is 11.0. The lowest BCUT2D eigenvalue weighted by atomic mass is 10.0. The fourth-order valence-corrected chi connectivity index (χ4v) is 5.02. The molecular weight excluding hydrogens is 578 g/mol. The van der Waals surface area contributed by atoms with Crippen molar-refractivity contribution in [2.24, 2.45) is 0 Å². The molecule has 0 saturated carbocycles. The zero-order valence-corrected chi connectivity index (χ0v) is 25.8. The second kappa shape index (κ2) is 16.0. The molecule has 8 heteroatoms. The maximum Gasteiger partial charge on any atom is 0.407 e. The third-order valence-corrected chi connectivity index (χ3v) is 7.54. The molecule has 5 rings (SSSR count). The predicted octanol–water partition coefficient (Wildman–Crippen LogP) is 7.73. The van der Waals surface area contributed by atoms with E-state index in [1.165, 1.54) is 6.92 Å². The second-order valence-electron chi connectivity index (χ2n) is 11.0. The van der Waals surface area contributed by atoms with E-state index in [-0.39, 0.29) is 25.0 Å². The molecule has 5 aromatic rings. The number of fused-ring (bicyclic) bond motifs is 1. The highest BCUT2D eigenvalue weighted by Crippen LogP contribution is 2.30. The minimum Gasteiger partial charge on any atom is -0.459 e. The van der Waals surface area contributed by atoms with Crippen LogP contribution in [0, 0.1) is 0 Å². The lowest BCUT2D eigenvalue weighted by Crippen LogP contribution is -2.32. The molecule has 234 valence electrons. The predicted molar refractivity (Wildman–Crippen MR) is 179 cm³/mol. The SMILES string of the molecule is CC(=O)c1ccc(-c2cc(N[C@@H](CCCCNC(=O)OCc3ccccc3)C(=O)OCc3ccccc3)c3ccccc3n2)cc1. The number of nitrogens with one attached hydrogen (secondary N) is 2. The van der Waals surface area contributed by atoms with Crippen LogP contribution in [0.1, 0.15) is 47.7 Å². The van der Waals surface area contributed by atoms with Gasteiger partial charge >= 0.3 is 12.1 Å². The average molecular weight is 616 g/mol. The molecule has 0 aliphatic heterocycles. The molecule has 1 heterocycles. The van der Waals surface area contributed by atoms with Crippen LogP contribution in [0.25, 0.3) is 22.2 Å². The van der Waals surface area contributed by atoms with Crippen LogP contribution in [0.2, 0.25) is 0 Å². The summed E-state index contributed by atoms with van der Waals surface area (Å²) in [7, 11) is 0. The third kappa shape index (κ3) is 9.01. The van der Waals surface area contributed by atoms with Crippen LogP contribution in [-0.2, 0) is 27.5 Å². The molecule has 4 aromatic carbocycles. The smallest absolute Gasteiger partial charge is 0.407 e. The van der Waals surface area contributed by atoms with E-state index in [1.54, 1.807) is 12.1 Å². The van der Waals surface area contributed by atoms with Gasteiger partial charge in [0.25, 0.3) is 0 Å². The Morgan fingerprint density at radius 2 is 1.37 bits per heavy atom. The molecule has 1 aromatic heterocycles. The fourth-order valence-electron chi connectivity index (χ4n) is 5.02. The van der Waals surface area contributed by atoms with Crippen molar-refractivity contribution in [1.82, 2.24) is 10.3 Å². The van der Waals surface area contributed by atoms with Gasteiger partial charge in [0, 0.05) is 28.7 Å². The number of nitrogens with zero attached hydrogens (tertiary/aromatic N) is 1. The molecule has 1 amide bonds. The summed E-state index contributed by atoms with van der Waals surface area (Å²) in [6, 6.07) is 35.4. The number of hydrogen-bond donors (Lipinski definition) is 2. The Labute approximate surface area is 268 Å². The highest BCUT2D eigenvalue weighted by molar-refractivity contribution is 5.96. The van der Waals surface area contributed by atoms with E-state index in [0.717, 1.165) is 33.3 Å². The van der Waals surface area contributed by atoms with Gasteiger partial charge in [-0.15, -0.1) is 0 Å². The van der Waals surface area contributed by atoms with Gasteiger partial charge in [-0.05, 0) is 49.4 Å². The van der Waals surface area contributed by atoms with Gasteiger partial charge in [-0.3, -0.25) is 4.79 Å². The molecule has 46 heavy (non-hydrogen) atoms. The largest absolute Gasteiger partial charge is 0.459 e. The maximum atomic E-state index is 13.5. The van der Waals surface area contributed by atoms with Crippen LogP contribution in [-0.4, -0.2) is 35.4 Å². The number of para-hydroxylation sites is 1. The van der Waals surface area contributed by atoms with Gasteiger partial charge in [0.15, 0.2) is 5.78 Å². The number of anilines is 1. The van der Waals surface area contributed by atoms with Crippen LogP contribution in [0.15, 0.2) is 115 Å². The van der Waals surface area contributed by atoms with Gasteiger partial charge in [-0.1, -0.05) is 103 Å². The summed E-state index contributed by atoms with van der Waals surface area (Å²) in [6.45, 7) is 2.32. The first kappa shape index (κ1) is 31.9. The monoisotopic (exact) mass is 615 g/mol. The fraction of sp³-hybridized carbons (Fsp3) is 0.211. The minimum absolute atomic E-state index is 0.00323. The summed E-state index contributed by atoms with van der Waals surface area (Å²) in [5.74, 6) is -0.371. The van der Waals surface area contributed by atoms with Crippen LogP contribution in [0.5, 0.6) is 0 Å². The van der Waals surface area contributed by atoms with Crippen molar-refractivity contribution in [1.29, 1.82) is 0 Å². The van der Waals surface area contributed by atoms with Crippen molar-refractivity contribution in [2.45, 2.75) is 45.4 Å². The number of alkyl carbamates (subject to hydrolysis) is 1. The molecule has 1 atom stereocenters. The van der Waals surface area contributed by atoms with Crippen molar-refractivity contribution in [2.75, 3.05) is 11.9 Å². The first-order valence-electron chi connectivity index (χ1n) is 15.4. The first-order valence-corrected chi connectivity index (χ1v) is 15.4. The maximum absolute atomic E-state index is 13.5. The van der Waals surface area contributed by atoms with E-state index in [9.17, 15) is 14.4 Å². The van der Waals surface area contributed by atoms with Crippen molar-refractivity contribution >= 4 is 34.4 Å². The molecule has 0 spiro atoms. The normalized spacial score (nSPS) is 11.4. The molecule has 0 fully saturated rings. The Kier molecular flexibility index (Phi) is 11.1. The van der Waals surface area contributed by atoms with E-state index >= 15 is 0 Å². The van der Waals surface area contributed by atoms with E-state index in [0.29, 0.717) is 37.1 Å². The topological polar surface area (TPSA) is 107 Å². The summed E-state index contributed by atoms with van der Waals surface area (Å²) in [5, 5.41) is 7.11. The van der Waals surface area contributed by atoms with Crippen molar-refractivity contribution in [3.05, 3.63) is 132 Å². The first-order chi connectivity index (χ1) is 22.5. The van der Waals surface area contributed by atoms with Gasteiger partial charge in [0.1, 0.15) is 19.3 Å². The Morgan fingerprint density at radius 3 is 2.04 bits per heavy atom. The average Bonchev–Trinajstić information content (AvgIpc) is 3.09. The molecule has 0 aliphatic rings. The zero-order chi connectivity index (χ0) is 32.1. The van der Waals surface area contributed by atoms with Crippen molar-refractivity contribution in [3.8, 4) is 11.3 Å². The van der Waals surface area contributed by atoms with Gasteiger partial charge in [0.2, 0.25) is 0 Å². The summed E-state index contributed by atoms with van der Waals surface area (Å²) in [6.07, 6.45) is 1.30. The molecule has 0 radical (unpaired) electrons. The molecular formula is C38H37N3O5. The summed E-state index contributed by atoms with van der Waals surface area (Å²) >= 11 is 0. The van der Waals surface area contributed by atoms with Gasteiger partial charge in [-0.25, -0.2) is 14.6 Å². The molecule has 0 unspecified atom stereocenters. The van der Waals surface area contributed by atoms with Crippen LogP contribution in [0.4, 0.5) is 10.5 Å². The van der Waals surface area contributed by atoms with Crippen molar-refractivity contribution in [3.63, 3.8) is 0 Å². The molecule has 0 aliphatic carbocycles. The minimum atomic E-state index is -0.646. The highest BCUT2D eigenvalue weighted by atomic mass is 16.5. The van der Waals surface area contributed by atoms with Gasteiger partial charge in [-0.2, -0.15) is 0 Å². The number of rotatable bonds is 14. The summed E-state index contributed by atoms with van der Waals surface area (Å²) < 4.78 is 11.1. The van der Waals surface area contributed by atoms with E-state index < -0.39 is 12.1 Å². The Hall–Kier alpha value is -5.50. The van der Waals surface area contributed by atoms with Crippen LogP contribution >= 0.6 is 0 Å². The number of ether oxygens (including phenoxy) is 2. The number of amides is 1. The molecule has 8 nitrogen and oxygen atoms in total. The third-order valence-electron chi connectivity index (χ3n) is 7.54. The molecule has 2 N–H and O–H groups in total. The van der Waals surface area contributed by atoms with Crippen molar-refractivity contribution < 1.29 is 23.9 Å². The lowest BCUT2D eigenvalue weighted by molar-refractivity contribution is -0.146. The molecule has 0 bridgehead atoms. The van der Waals surface area contributed by atoms with Gasteiger partial charge < -0.3 is 20.1 Å².